The molecular formula is C12H15ClN2O3S. The zero-order valence-corrected chi connectivity index (χ0v) is 12.2. The molecule has 0 aromatic carbocycles. The molecule has 1 amide bonds. The topological polar surface area (TPSA) is 63.5 Å². The first kappa shape index (κ1) is 14.3. The Hall–Kier alpha value is -1.14. The van der Waals surface area contributed by atoms with Crippen LogP contribution in [-0.2, 0) is 0 Å². The fourth-order valence-corrected chi connectivity index (χ4v) is 3.60. The maximum atomic E-state index is 12.3. The number of rotatable bonds is 3. The number of hydrogen-bond donors (Lipinski definition) is 0. The van der Waals surface area contributed by atoms with Crippen LogP contribution >= 0.6 is 22.9 Å². The van der Waals surface area contributed by atoms with E-state index in [1.165, 1.54) is 12.5 Å². The van der Waals surface area contributed by atoms with Gasteiger partial charge < -0.3 is 4.90 Å². The second kappa shape index (κ2) is 5.88. The summed E-state index contributed by atoms with van der Waals surface area (Å²) in [5.41, 5.74) is 0. The van der Waals surface area contributed by atoms with Crippen molar-refractivity contribution in [3.8, 4) is 0 Å². The van der Waals surface area contributed by atoms with E-state index >= 15 is 0 Å². The minimum absolute atomic E-state index is 0.0374. The monoisotopic (exact) mass is 302 g/mol. The van der Waals surface area contributed by atoms with Gasteiger partial charge in [-0.2, -0.15) is 0 Å². The Labute approximate surface area is 120 Å². The molecule has 5 nitrogen and oxygen atoms in total. The molecule has 0 N–H and O–H groups in total. The van der Waals surface area contributed by atoms with Gasteiger partial charge in [0.25, 0.3) is 5.91 Å². The Bertz CT molecular complexity index is 497. The summed E-state index contributed by atoms with van der Waals surface area (Å²) in [6.45, 7) is 0. The van der Waals surface area contributed by atoms with E-state index in [0.29, 0.717) is 4.88 Å². The van der Waals surface area contributed by atoms with Crippen LogP contribution in [0.5, 0.6) is 0 Å². The fraction of sp³-hybridized carbons (Fsp3) is 0.583. The van der Waals surface area contributed by atoms with Crippen molar-refractivity contribution in [2.24, 2.45) is 0 Å². The number of carbonyl (C=O) groups excluding carboxylic acids is 1. The highest BCUT2D eigenvalue weighted by Crippen LogP contribution is 2.35. The van der Waals surface area contributed by atoms with Gasteiger partial charge >= 0.3 is 5.00 Å². The van der Waals surface area contributed by atoms with Gasteiger partial charge in [-0.3, -0.25) is 14.9 Å². The molecule has 1 aliphatic carbocycles. The molecule has 0 radical (unpaired) electrons. The number of thiophene rings is 1. The highest BCUT2D eigenvalue weighted by Gasteiger charge is 2.27. The molecule has 1 aromatic heterocycles. The summed E-state index contributed by atoms with van der Waals surface area (Å²) in [6.07, 6.45) is 5.49. The molecule has 1 fully saturated rings. The smallest absolute Gasteiger partial charge is 0.338 e. The van der Waals surface area contributed by atoms with Crippen molar-refractivity contribution in [2.45, 2.75) is 38.1 Å². The summed E-state index contributed by atoms with van der Waals surface area (Å²) < 4.78 is 0. The highest BCUT2D eigenvalue weighted by molar-refractivity contribution is 7.17. The average Bonchev–Trinajstić information content (AvgIpc) is 2.80. The fourth-order valence-electron chi connectivity index (χ4n) is 2.40. The van der Waals surface area contributed by atoms with Crippen LogP contribution in [0.4, 0.5) is 5.00 Å². The second-order valence-corrected chi connectivity index (χ2v) is 6.17. The van der Waals surface area contributed by atoms with Crippen LogP contribution < -0.4 is 0 Å². The maximum absolute atomic E-state index is 12.3. The van der Waals surface area contributed by atoms with Crippen molar-refractivity contribution in [3.05, 3.63) is 26.1 Å². The Kier molecular flexibility index (Phi) is 4.42. The van der Waals surface area contributed by atoms with E-state index in [0.717, 1.165) is 37.0 Å². The van der Waals surface area contributed by atoms with Crippen LogP contribution in [0.3, 0.4) is 0 Å². The summed E-state index contributed by atoms with van der Waals surface area (Å²) >= 11 is 6.62. The standard InChI is InChI=1S/C12H15ClN2O3S/c1-14(8-5-3-2-4-6-8)11(16)10-7-9(13)12(19-10)15(17)18/h7-8H,2-6H2,1H3. The molecule has 0 spiro atoms. The van der Waals surface area contributed by atoms with Crippen LogP contribution in [0.1, 0.15) is 41.8 Å². The van der Waals surface area contributed by atoms with Gasteiger partial charge in [-0.25, -0.2) is 0 Å². The Morgan fingerprint density at radius 3 is 2.63 bits per heavy atom. The first-order chi connectivity index (χ1) is 9.00. The minimum atomic E-state index is -0.551. The molecule has 1 saturated carbocycles. The molecule has 0 atom stereocenters. The van der Waals surface area contributed by atoms with Crippen molar-refractivity contribution >= 4 is 33.8 Å². The van der Waals surface area contributed by atoms with Crippen molar-refractivity contribution in [1.82, 2.24) is 4.90 Å². The Balaban J connectivity index is 2.14. The normalized spacial score (nSPS) is 16.3. The lowest BCUT2D eigenvalue weighted by atomic mass is 9.94. The lowest BCUT2D eigenvalue weighted by molar-refractivity contribution is -0.380. The molecule has 0 aliphatic heterocycles. The predicted octanol–water partition coefficient (Wildman–Crippen LogP) is 3.71. The van der Waals surface area contributed by atoms with E-state index in [4.69, 9.17) is 11.6 Å². The molecule has 7 heteroatoms. The van der Waals surface area contributed by atoms with E-state index in [9.17, 15) is 14.9 Å². The Morgan fingerprint density at radius 1 is 1.47 bits per heavy atom. The SMILES string of the molecule is CN(C(=O)c1cc(Cl)c([N+](=O)[O-])s1)C1CCCCC1. The van der Waals surface area contributed by atoms with Crippen molar-refractivity contribution in [3.63, 3.8) is 0 Å². The van der Waals surface area contributed by atoms with E-state index in [-0.39, 0.29) is 22.0 Å². The third-order valence-corrected chi connectivity index (χ3v) is 4.96. The lowest BCUT2D eigenvalue weighted by Gasteiger charge is -2.30. The average molecular weight is 303 g/mol. The number of nitro groups is 1. The first-order valence-electron chi connectivity index (χ1n) is 6.21. The van der Waals surface area contributed by atoms with Gasteiger partial charge in [-0.1, -0.05) is 42.2 Å². The third-order valence-electron chi connectivity index (χ3n) is 3.49. The van der Waals surface area contributed by atoms with Crippen LogP contribution in [0.25, 0.3) is 0 Å². The van der Waals surface area contributed by atoms with Crippen molar-refractivity contribution in [1.29, 1.82) is 0 Å². The van der Waals surface area contributed by atoms with Gasteiger partial charge in [0.05, 0.1) is 4.92 Å². The Morgan fingerprint density at radius 2 is 2.11 bits per heavy atom. The molecule has 0 saturated heterocycles. The van der Waals surface area contributed by atoms with Gasteiger partial charge in [-0.05, 0) is 18.9 Å². The van der Waals surface area contributed by atoms with Crippen LogP contribution in [0.2, 0.25) is 5.02 Å². The molecular weight excluding hydrogens is 288 g/mol. The molecule has 2 rings (SSSR count). The maximum Gasteiger partial charge on any atom is 0.343 e. The molecule has 104 valence electrons. The molecule has 0 unspecified atom stereocenters. The third kappa shape index (κ3) is 3.06. The van der Waals surface area contributed by atoms with Gasteiger partial charge in [0.1, 0.15) is 9.90 Å². The largest absolute Gasteiger partial charge is 0.343 e. The molecule has 1 aromatic rings. The zero-order valence-electron chi connectivity index (χ0n) is 10.6. The predicted molar refractivity (Wildman–Crippen MR) is 74.9 cm³/mol. The number of nitrogens with zero attached hydrogens (tertiary/aromatic N) is 2. The van der Waals surface area contributed by atoms with E-state index < -0.39 is 4.92 Å². The van der Waals surface area contributed by atoms with Gasteiger partial charge in [0.15, 0.2) is 0 Å². The number of carbonyl (C=O) groups is 1. The van der Waals surface area contributed by atoms with Crippen molar-refractivity contribution < 1.29 is 9.72 Å². The van der Waals surface area contributed by atoms with Crippen molar-refractivity contribution in [2.75, 3.05) is 7.05 Å². The summed E-state index contributed by atoms with van der Waals surface area (Å²) in [6, 6.07) is 1.63. The summed E-state index contributed by atoms with van der Waals surface area (Å²) in [5.74, 6) is -0.174. The van der Waals surface area contributed by atoms with Crippen LogP contribution in [0, 0.1) is 10.1 Å². The molecule has 1 heterocycles. The first-order valence-corrected chi connectivity index (χ1v) is 7.41. The second-order valence-electron chi connectivity index (χ2n) is 4.73. The highest BCUT2D eigenvalue weighted by atomic mass is 35.5. The van der Waals surface area contributed by atoms with Gasteiger partial charge in [0.2, 0.25) is 0 Å². The van der Waals surface area contributed by atoms with Crippen LogP contribution in [0.15, 0.2) is 6.07 Å². The zero-order chi connectivity index (χ0) is 14.0. The summed E-state index contributed by atoms with van der Waals surface area (Å²) in [7, 11) is 1.76. The van der Waals surface area contributed by atoms with Gasteiger partial charge in [0, 0.05) is 13.1 Å². The molecule has 19 heavy (non-hydrogen) atoms. The van der Waals surface area contributed by atoms with Gasteiger partial charge in [-0.15, -0.1) is 0 Å². The number of hydrogen-bond acceptors (Lipinski definition) is 4. The minimum Gasteiger partial charge on any atom is -0.338 e. The number of halogens is 1. The lowest BCUT2D eigenvalue weighted by Crippen LogP contribution is -2.37. The molecule has 1 aliphatic rings. The number of amides is 1. The van der Waals surface area contributed by atoms with E-state index in [2.05, 4.69) is 0 Å². The molecule has 0 bridgehead atoms. The van der Waals surface area contributed by atoms with Crippen LogP contribution in [-0.4, -0.2) is 28.8 Å². The van der Waals surface area contributed by atoms with E-state index in [1.54, 1.807) is 11.9 Å². The summed E-state index contributed by atoms with van der Waals surface area (Å²) in [4.78, 5) is 24.5. The quantitative estimate of drug-likeness (QED) is 0.631. The van der Waals surface area contributed by atoms with E-state index in [1.807, 2.05) is 0 Å². The summed E-state index contributed by atoms with van der Waals surface area (Å²) in [5, 5.41) is 10.6.